The molecule has 3 nitrogen and oxygen atoms in total. The Balaban J connectivity index is 0.00000133. The number of aliphatic imine (C=N–C) groups is 1. The summed E-state index contributed by atoms with van der Waals surface area (Å²) in [5.41, 5.74) is 1.12. The van der Waals surface area contributed by atoms with Crippen LogP contribution in [0, 0.1) is 6.04 Å². The Bertz CT molecular complexity index is 496. The first-order valence-corrected chi connectivity index (χ1v) is 6.38. The van der Waals surface area contributed by atoms with Gasteiger partial charge in [0.15, 0.2) is 0 Å². The average molecular weight is 250 g/mol. The zero-order chi connectivity index (χ0) is 13.0. The molecular weight excluding hydrogens is 231 g/mol. The molecule has 0 atom stereocenters. The summed E-state index contributed by atoms with van der Waals surface area (Å²) in [5, 5.41) is 0. The van der Waals surface area contributed by atoms with Crippen molar-refractivity contribution < 1.29 is 23.6 Å². The van der Waals surface area contributed by atoms with Crippen molar-refractivity contribution in [2.75, 3.05) is 11.5 Å². The summed E-state index contributed by atoms with van der Waals surface area (Å²) in [6, 6.07) is 11.6. The SMILES string of the molecule is CC1(C)COC([C-]2N(c3ccccc3)C2(C)C)=N1.[Li+]. The molecule has 0 aromatic heterocycles. The van der Waals surface area contributed by atoms with Crippen LogP contribution in [-0.2, 0) is 4.74 Å². The first-order valence-electron chi connectivity index (χ1n) is 6.38. The van der Waals surface area contributed by atoms with Crippen LogP contribution in [0.15, 0.2) is 35.3 Å². The van der Waals surface area contributed by atoms with Crippen LogP contribution in [0.3, 0.4) is 0 Å². The maximum absolute atomic E-state index is 5.75. The standard InChI is InChI=1S/C15H19N2O.Li/c1-14(2)10-18-13(16-14)12-15(3,4)17(12)11-8-6-5-7-9-11;/h5-9H,10H2,1-4H3;/q-1;+1. The summed E-state index contributed by atoms with van der Waals surface area (Å²) in [5.74, 6) is 0.814. The van der Waals surface area contributed by atoms with Gasteiger partial charge in [-0.3, -0.25) is 4.99 Å². The summed E-state index contributed by atoms with van der Waals surface area (Å²) < 4.78 is 5.75. The van der Waals surface area contributed by atoms with Gasteiger partial charge in [0.2, 0.25) is 0 Å². The van der Waals surface area contributed by atoms with E-state index in [-0.39, 0.29) is 29.9 Å². The molecule has 0 radical (unpaired) electrons. The molecule has 0 saturated carbocycles. The zero-order valence-corrected chi connectivity index (χ0v) is 12.4. The van der Waals surface area contributed by atoms with Crippen molar-refractivity contribution in [3.63, 3.8) is 0 Å². The second kappa shape index (κ2) is 4.51. The summed E-state index contributed by atoms with van der Waals surface area (Å²) >= 11 is 0. The molecule has 1 fully saturated rings. The Labute approximate surface area is 127 Å². The molecule has 1 aromatic rings. The molecule has 2 heterocycles. The number of rotatable bonds is 2. The first-order chi connectivity index (χ1) is 8.42. The normalized spacial score (nSPS) is 22.4. The van der Waals surface area contributed by atoms with Crippen LogP contribution in [0.5, 0.6) is 0 Å². The minimum absolute atomic E-state index is 0. The average Bonchev–Trinajstić information content (AvgIpc) is 2.69. The zero-order valence-electron chi connectivity index (χ0n) is 12.4. The number of ether oxygens (including phenoxy) is 1. The molecule has 3 rings (SSSR count). The van der Waals surface area contributed by atoms with E-state index in [0.29, 0.717) is 6.61 Å². The van der Waals surface area contributed by atoms with Gasteiger partial charge in [-0.15, -0.1) is 0 Å². The third-order valence-corrected chi connectivity index (χ3v) is 3.50. The minimum Gasteiger partial charge on any atom is -0.510 e. The topological polar surface area (TPSA) is 24.6 Å². The molecule has 0 amide bonds. The summed E-state index contributed by atoms with van der Waals surface area (Å²) in [6.07, 6.45) is 0. The van der Waals surface area contributed by atoms with Crippen LogP contribution in [0.4, 0.5) is 5.69 Å². The molecular formula is C15H19LiN2O. The van der Waals surface area contributed by atoms with E-state index in [1.54, 1.807) is 0 Å². The van der Waals surface area contributed by atoms with Gasteiger partial charge in [0.1, 0.15) is 6.61 Å². The number of para-hydroxylation sites is 1. The van der Waals surface area contributed by atoms with Gasteiger partial charge >= 0.3 is 18.9 Å². The fourth-order valence-corrected chi connectivity index (χ4v) is 2.51. The molecule has 1 aromatic carbocycles. The van der Waals surface area contributed by atoms with E-state index in [2.05, 4.69) is 61.9 Å². The molecule has 0 spiro atoms. The Morgan fingerprint density at radius 2 is 1.79 bits per heavy atom. The van der Waals surface area contributed by atoms with Crippen LogP contribution < -0.4 is 23.8 Å². The second-order valence-corrected chi connectivity index (χ2v) is 6.10. The molecule has 0 unspecified atom stereocenters. The molecule has 0 N–H and O–H groups in total. The van der Waals surface area contributed by atoms with Gasteiger partial charge in [-0.25, -0.2) is 0 Å². The van der Waals surface area contributed by atoms with Crippen molar-refractivity contribution >= 4 is 11.6 Å². The van der Waals surface area contributed by atoms with E-state index in [9.17, 15) is 0 Å². The Morgan fingerprint density at radius 3 is 2.32 bits per heavy atom. The van der Waals surface area contributed by atoms with Crippen LogP contribution >= 0.6 is 0 Å². The van der Waals surface area contributed by atoms with Gasteiger partial charge in [0.05, 0.1) is 11.4 Å². The smallest absolute Gasteiger partial charge is 0.510 e. The summed E-state index contributed by atoms with van der Waals surface area (Å²) in [7, 11) is 0. The maximum Gasteiger partial charge on any atom is 1.00 e. The number of hydrogen-bond donors (Lipinski definition) is 0. The van der Waals surface area contributed by atoms with E-state index < -0.39 is 0 Å². The predicted molar refractivity (Wildman–Crippen MR) is 73.7 cm³/mol. The fourth-order valence-electron chi connectivity index (χ4n) is 2.51. The quantitative estimate of drug-likeness (QED) is 0.420. The Morgan fingerprint density at radius 1 is 1.16 bits per heavy atom. The van der Waals surface area contributed by atoms with Crippen molar-refractivity contribution in [3.8, 4) is 0 Å². The van der Waals surface area contributed by atoms with Gasteiger partial charge in [-0.2, -0.15) is 6.04 Å². The number of nitrogens with zero attached hydrogens (tertiary/aromatic N) is 2. The van der Waals surface area contributed by atoms with Gasteiger partial charge < -0.3 is 9.64 Å². The largest absolute Gasteiger partial charge is 1.00 e. The van der Waals surface area contributed by atoms with Crippen molar-refractivity contribution in [2.45, 2.75) is 38.8 Å². The summed E-state index contributed by atoms with van der Waals surface area (Å²) in [4.78, 5) is 6.95. The molecule has 0 aliphatic carbocycles. The van der Waals surface area contributed by atoms with Gasteiger partial charge in [-0.1, -0.05) is 37.6 Å². The fraction of sp³-hybridized carbons (Fsp3) is 0.467. The monoisotopic (exact) mass is 250 g/mol. The van der Waals surface area contributed by atoms with Crippen LogP contribution in [0.2, 0.25) is 0 Å². The van der Waals surface area contributed by atoms with Crippen molar-refractivity contribution in [1.29, 1.82) is 0 Å². The van der Waals surface area contributed by atoms with Crippen molar-refractivity contribution in [1.82, 2.24) is 0 Å². The number of benzene rings is 1. The molecule has 19 heavy (non-hydrogen) atoms. The maximum atomic E-state index is 5.75. The van der Waals surface area contributed by atoms with Gasteiger partial charge in [-0.05, 0) is 26.0 Å². The van der Waals surface area contributed by atoms with Gasteiger partial charge in [0, 0.05) is 5.69 Å². The molecule has 2 aliphatic rings. The predicted octanol–water partition coefficient (Wildman–Crippen LogP) is 0.0285. The molecule has 96 valence electrons. The summed E-state index contributed by atoms with van der Waals surface area (Å²) in [6.45, 7) is 9.27. The Kier molecular flexibility index (Phi) is 3.41. The number of hydrogen-bond acceptors (Lipinski definition) is 3. The third-order valence-electron chi connectivity index (χ3n) is 3.50. The first kappa shape index (κ1) is 14.4. The van der Waals surface area contributed by atoms with E-state index in [0.717, 1.165) is 5.90 Å². The van der Waals surface area contributed by atoms with Crippen LogP contribution in [-0.4, -0.2) is 23.6 Å². The number of anilines is 1. The van der Waals surface area contributed by atoms with Crippen molar-refractivity contribution in [3.05, 3.63) is 36.4 Å². The Hall–Kier alpha value is -1.04. The molecule has 1 saturated heterocycles. The third kappa shape index (κ3) is 2.38. The van der Waals surface area contributed by atoms with Crippen LogP contribution in [0.1, 0.15) is 27.7 Å². The molecule has 0 bridgehead atoms. The second-order valence-electron chi connectivity index (χ2n) is 6.10. The van der Waals surface area contributed by atoms with E-state index >= 15 is 0 Å². The van der Waals surface area contributed by atoms with Crippen LogP contribution in [0.25, 0.3) is 0 Å². The molecule has 4 heteroatoms. The van der Waals surface area contributed by atoms with E-state index in [1.807, 2.05) is 6.07 Å². The van der Waals surface area contributed by atoms with E-state index in [1.165, 1.54) is 11.7 Å². The van der Waals surface area contributed by atoms with Gasteiger partial charge in [0.25, 0.3) is 0 Å². The minimum atomic E-state index is -0.0939. The molecule has 2 aliphatic heterocycles. The van der Waals surface area contributed by atoms with Crippen molar-refractivity contribution in [2.24, 2.45) is 4.99 Å². The van der Waals surface area contributed by atoms with E-state index in [4.69, 9.17) is 4.74 Å².